The lowest BCUT2D eigenvalue weighted by molar-refractivity contribution is 0.825. The van der Waals surface area contributed by atoms with Crippen molar-refractivity contribution in [1.82, 2.24) is 10.7 Å². The van der Waals surface area contributed by atoms with Crippen molar-refractivity contribution >= 4 is 0 Å². The average molecular weight is 232 g/mol. The van der Waals surface area contributed by atoms with Gasteiger partial charge in [0.15, 0.2) is 0 Å². The van der Waals surface area contributed by atoms with Gasteiger partial charge in [0.2, 0.25) is 0 Å². The Bertz CT molecular complexity index is 382. The predicted octanol–water partition coefficient (Wildman–Crippen LogP) is 1.33. The monoisotopic (exact) mass is 232 g/mol. The summed E-state index contributed by atoms with van der Waals surface area (Å²) in [6.45, 7) is 2.75. The zero-order chi connectivity index (χ0) is 12.5. The van der Waals surface area contributed by atoms with Crippen molar-refractivity contribution in [2.45, 2.75) is 19.9 Å². The maximum Gasteiger partial charge on any atom is 0.0659 e. The molecule has 0 bridgehead atoms. The van der Waals surface area contributed by atoms with Crippen LogP contribution in [-0.4, -0.2) is 0 Å². The molecule has 0 saturated carbocycles. The van der Waals surface area contributed by atoms with Gasteiger partial charge in [-0.25, -0.2) is 0 Å². The Labute approximate surface area is 102 Å². The van der Waals surface area contributed by atoms with Crippen LogP contribution in [0.2, 0.25) is 0 Å². The van der Waals surface area contributed by atoms with E-state index in [0.29, 0.717) is 0 Å². The summed E-state index contributed by atoms with van der Waals surface area (Å²) in [5.74, 6) is 5.40. The number of benzene rings is 1. The second kappa shape index (κ2) is 7.35. The Balaban J connectivity index is 2.51. The minimum atomic E-state index is 0.756. The summed E-state index contributed by atoms with van der Waals surface area (Å²) in [5.41, 5.74) is 11.1. The smallest absolute Gasteiger partial charge is 0.0659 e. The van der Waals surface area contributed by atoms with Gasteiger partial charge < -0.3 is 16.5 Å². The highest BCUT2D eigenvalue weighted by atomic mass is 15.2. The van der Waals surface area contributed by atoms with Crippen LogP contribution in [-0.2, 0) is 6.54 Å². The Morgan fingerprint density at radius 2 is 2.00 bits per heavy atom. The van der Waals surface area contributed by atoms with Crippen LogP contribution in [0.4, 0.5) is 0 Å². The van der Waals surface area contributed by atoms with Crippen molar-refractivity contribution in [2.24, 2.45) is 11.6 Å². The fraction of sp³-hybridized carbons (Fsp3) is 0.231. The van der Waals surface area contributed by atoms with Crippen molar-refractivity contribution in [2.75, 3.05) is 0 Å². The predicted molar refractivity (Wildman–Crippen MR) is 71.2 cm³/mol. The third-order valence-electron chi connectivity index (χ3n) is 2.32. The van der Waals surface area contributed by atoms with Crippen molar-refractivity contribution in [3.63, 3.8) is 0 Å². The maximum atomic E-state index is 5.73. The molecule has 0 radical (unpaired) electrons. The maximum absolute atomic E-state index is 5.73. The number of hydrazine groups is 1. The summed E-state index contributed by atoms with van der Waals surface area (Å²) < 4.78 is 0. The standard InChI is InChI=1S/C13H20N4/c1-2-12(14)8-13(17-15)10-16-9-11-6-4-3-5-7-11/h3-8,10,16-17H,2,9,14-15H2,1H3/b12-8+,13-10-. The van der Waals surface area contributed by atoms with E-state index < -0.39 is 0 Å². The third-order valence-corrected chi connectivity index (χ3v) is 2.32. The van der Waals surface area contributed by atoms with E-state index in [0.717, 1.165) is 24.4 Å². The third kappa shape index (κ3) is 5.08. The van der Waals surface area contributed by atoms with E-state index in [1.165, 1.54) is 5.56 Å². The molecule has 0 fully saturated rings. The highest BCUT2D eigenvalue weighted by molar-refractivity contribution is 5.20. The Kier molecular flexibility index (Phi) is 5.68. The first kappa shape index (κ1) is 13.1. The summed E-state index contributed by atoms with van der Waals surface area (Å²) in [4.78, 5) is 0. The van der Waals surface area contributed by atoms with E-state index in [-0.39, 0.29) is 0 Å². The van der Waals surface area contributed by atoms with Crippen molar-refractivity contribution in [3.8, 4) is 0 Å². The van der Waals surface area contributed by atoms with Gasteiger partial charge in [0.05, 0.1) is 5.70 Å². The number of nitrogens with two attached hydrogens (primary N) is 2. The van der Waals surface area contributed by atoms with E-state index in [9.17, 15) is 0 Å². The van der Waals surface area contributed by atoms with Crippen molar-refractivity contribution < 1.29 is 0 Å². The molecule has 0 spiro atoms. The summed E-state index contributed by atoms with van der Waals surface area (Å²) in [6, 6.07) is 10.1. The molecule has 0 atom stereocenters. The molecule has 4 nitrogen and oxygen atoms in total. The van der Waals surface area contributed by atoms with Crippen molar-refractivity contribution in [1.29, 1.82) is 0 Å². The number of hydrogen-bond donors (Lipinski definition) is 4. The molecule has 1 aromatic carbocycles. The lowest BCUT2D eigenvalue weighted by Gasteiger charge is -2.05. The summed E-state index contributed by atoms with van der Waals surface area (Å²) in [7, 11) is 0. The Morgan fingerprint density at radius 3 is 2.59 bits per heavy atom. The van der Waals surface area contributed by atoms with E-state index in [1.807, 2.05) is 37.4 Å². The SMILES string of the molecule is CC/C(N)=C\C(=C\NCc1ccccc1)NN. The average Bonchev–Trinajstić information content (AvgIpc) is 2.38. The Morgan fingerprint density at radius 1 is 1.29 bits per heavy atom. The molecule has 0 aliphatic heterocycles. The fourth-order valence-corrected chi connectivity index (χ4v) is 1.30. The highest BCUT2D eigenvalue weighted by Gasteiger charge is 1.92. The van der Waals surface area contributed by atoms with Crippen LogP contribution in [0.15, 0.2) is 54.0 Å². The van der Waals surface area contributed by atoms with Crippen LogP contribution in [0.5, 0.6) is 0 Å². The van der Waals surface area contributed by atoms with Gasteiger partial charge in [-0.05, 0) is 18.1 Å². The molecule has 17 heavy (non-hydrogen) atoms. The molecule has 0 aliphatic rings. The van der Waals surface area contributed by atoms with Gasteiger partial charge in [0.25, 0.3) is 0 Å². The summed E-state index contributed by atoms with van der Waals surface area (Å²) in [5, 5.41) is 3.18. The zero-order valence-electron chi connectivity index (χ0n) is 10.1. The minimum Gasteiger partial charge on any atom is -0.402 e. The molecular weight excluding hydrogens is 212 g/mol. The molecule has 0 heterocycles. The molecule has 1 aromatic rings. The van der Waals surface area contributed by atoms with Gasteiger partial charge in [-0.1, -0.05) is 37.3 Å². The van der Waals surface area contributed by atoms with Gasteiger partial charge in [-0.3, -0.25) is 5.84 Å². The van der Waals surface area contributed by atoms with Crippen molar-refractivity contribution in [3.05, 3.63) is 59.6 Å². The molecule has 6 N–H and O–H groups in total. The number of rotatable bonds is 6. The van der Waals surface area contributed by atoms with Crippen LogP contribution in [0.1, 0.15) is 18.9 Å². The number of hydrogen-bond acceptors (Lipinski definition) is 4. The molecule has 0 unspecified atom stereocenters. The summed E-state index contributed by atoms with van der Waals surface area (Å²) in [6.07, 6.45) is 4.44. The van der Waals surface area contributed by atoms with E-state index in [1.54, 1.807) is 0 Å². The van der Waals surface area contributed by atoms with Crippen LogP contribution in [0.3, 0.4) is 0 Å². The zero-order valence-corrected chi connectivity index (χ0v) is 10.1. The van der Waals surface area contributed by atoms with Crippen LogP contribution in [0, 0.1) is 0 Å². The Hall–Kier alpha value is -1.94. The molecule has 4 heteroatoms. The first-order valence-electron chi connectivity index (χ1n) is 5.66. The topological polar surface area (TPSA) is 76.1 Å². The normalized spacial score (nSPS) is 12.4. The second-order valence-corrected chi connectivity index (χ2v) is 3.68. The van der Waals surface area contributed by atoms with Gasteiger partial charge in [0.1, 0.15) is 0 Å². The second-order valence-electron chi connectivity index (χ2n) is 3.68. The number of nitrogens with one attached hydrogen (secondary N) is 2. The largest absolute Gasteiger partial charge is 0.402 e. The van der Waals surface area contributed by atoms with Gasteiger partial charge in [-0.2, -0.15) is 0 Å². The highest BCUT2D eigenvalue weighted by Crippen LogP contribution is 1.99. The fourth-order valence-electron chi connectivity index (χ4n) is 1.30. The lowest BCUT2D eigenvalue weighted by Crippen LogP contribution is -2.22. The van der Waals surface area contributed by atoms with E-state index >= 15 is 0 Å². The van der Waals surface area contributed by atoms with Crippen LogP contribution >= 0.6 is 0 Å². The quantitative estimate of drug-likeness (QED) is 0.339. The first-order chi connectivity index (χ1) is 8.26. The van der Waals surface area contributed by atoms with Gasteiger partial charge >= 0.3 is 0 Å². The number of allylic oxidation sites excluding steroid dienone is 2. The van der Waals surface area contributed by atoms with Gasteiger partial charge in [0, 0.05) is 18.4 Å². The molecule has 0 saturated heterocycles. The molecule has 0 aromatic heterocycles. The van der Waals surface area contributed by atoms with E-state index in [2.05, 4.69) is 22.9 Å². The lowest BCUT2D eigenvalue weighted by atomic mass is 10.2. The first-order valence-corrected chi connectivity index (χ1v) is 5.66. The van der Waals surface area contributed by atoms with Crippen LogP contribution in [0.25, 0.3) is 0 Å². The molecule has 1 rings (SSSR count). The minimum absolute atomic E-state index is 0.756. The molecule has 0 amide bonds. The molecule has 92 valence electrons. The van der Waals surface area contributed by atoms with Crippen LogP contribution < -0.4 is 22.3 Å². The molecular formula is C13H20N4. The van der Waals surface area contributed by atoms with Gasteiger partial charge in [-0.15, -0.1) is 0 Å². The van der Waals surface area contributed by atoms with E-state index in [4.69, 9.17) is 11.6 Å². The molecule has 0 aliphatic carbocycles. The summed E-state index contributed by atoms with van der Waals surface area (Å²) >= 11 is 0.